The first-order valence-corrected chi connectivity index (χ1v) is 14.5. The van der Waals surface area contributed by atoms with E-state index in [0.29, 0.717) is 58.5 Å². The van der Waals surface area contributed by atoms with Crippen molar-refractivity contribution in [3.8, 4) is 5.75 Å². The Labute approximate surface area is 249 Å². The van der Waals surface area contributed by atoms with E-state index in [9.17, 15) is 14.4 Å². The summed E-state index contributed by atoms with van der Waals surface area (Å²) >= 11 is 0. The third-order valence-corrected chi connectivity index (χ3v) is 6.74. The van der Waals surface area contributed by atoms with E-state index in [1.165, 1.54) is 0 Å². The number of rotatable bonds is 5. The van der Waals surface area contributed by atoms with Gasteiger partial charge in [-0.3, -0.25) is 0 Å². The third kappa shape index (κ3) is 11.1. The van der Waals surface area contributed by atoms with Gasteiger partial charge < -0.3 is 33.6 Å². The monoisotopic (exact) mass is 583 g/mol. The van der Waals surface area contributed by atoms with Crippen molar-refractivity contribution < 1.29 is 33.3 Å². The Morgan fingerprint density at radius 2 is 1.02 bits per heavy atom. The highest BCUT2D eigenvalue weighted by Crippen LogP contribution is 2.15. The summed E-state index contributed by atoms with van der Waals surface area (Å²) in [6, 6.07) is 15.2. The molecule has 10 nitrogen and oxygen atoms in total. The Kier molecular flexibility index (Phi) is 12.3. The summed E-state index contributed by atoms with van der Waals surface area (Å²) in [5.41, 5.74) is 2.25. The molecule has 2 aromatic rings. The second-order valence-corrected chi connectivity index (χ2v) is 11.4. The molecule has 1 aliphatic rings. The highest BCUT2D eigenvalue weighted by atomic mass is 16.6. The van der Waals surface area contributed by atoms with Crippen LogP contribution >= 0.6 is 0 Å². The Balaban J connectivity index is 1.66. The number of benzene rings is 2. The van der Waals surface area contributed by atoms with Crippen LogP contribution in [0.1, 0.15) is 56.7 Å². The molecule has 2 aromatic carbocycles. The number of hydrogen-bond acceptors (Lipinski definition) is 7. The Bertz CT molecular complexity index is 1150. The lowest BCUT2D eigenvalue weighted by atomic mass is 10.2. The van der Waals surface area contributed by atoms with Crippen LogP contribution in [0.25, 0.3) is 0 Å². The number of carbonyl (C=O) groups excluding carboxylic acids is 3. The maximum Gasteiger partial charge on any atom is 0.410 e. The first-order valence-electron chi connectivity index (χ1n) is 14.5. The van der Waals surface area contributed by atoms with Gasteiger partial charge in [-0.2, -0.15) is 0 Å². The minimum atomic E-state index is -0.635. The van der Waals surface area contributed by atoms with Gasteiger partial charge in [0, 0.05) is 39.3 Å². The maximum absolute atomic E-state index is 13.1. The summed E-state index contributed by atoms with van der Waals surface area (Å²) in [6.07, 6.45) is 0.422. The summed E-state index contributed by atoms with van der Waals surface area (Å²) in [5, 5.41) is 0. The molecule has 1 aliphatic heterocycles. The fourth-order valence-corrected chi connectivity index (χ4v) is 4.45. The van der Waals surface area contributed by atoms with Gasteiger partial charge in [0.2, 0.25) is 0 Å². The van der Waals surface area contributed by atoms with Crippen molar-refractivity contribution in [3.05, 3.63) is 65.2 Å². The van der Waals surface area contributed by atoms with Gasteiger partial charge in [0.05, 0.1) is 7.11 Å². The van der Waals surface area contributed by atoms with Gasteiger partial charge in [0.25, 0.3) is 0 Å². The highest BCUT2D eigenvalue weighted by Gasteiger charge is 2.25. The molecule has 1 saturated heterocycles. The second kappa shape index (κ2) is 15.9. The van der Waals surface area contributed by atoms with Crippen molar-refractivity contribution in [2.45, 2.75) is 65.8 Å². The Morgan fingerprint density at radius 1 is 0.643 bits per heavy atom. The van der Waals surface area contributed by atoms with Crippen molar-refractivity contribution in [3.63, 3.8) is 0 Å². The number of aryl methyl sites for hydroxylation is 1. The topological polar surface area (TPSA) is 97.9 Å². The summed E-state index contributed by atoms with van der Waals surface area (Å²) in [7, 11) is 1.60. The molecular weight excluding hydrogens is 538 g/mol. The molecule has 0 aliphatic carbocycles. The number of carbonyl (C=O) groups is 3. The fourth-order valence-electron chi connectivity index (χ4n) is 4.45. The van der Waals surface area contributed by atoms with E-state index in [2.05, 4.69) is 0 Å². The van der Waals surface area contributed by atoms with E-state index in [4.69, 9.17) is 18.9 Å². The molecule has 0 unspecified atom stereocenters. The van der Waals surface area contributed by atoms with Crippen molar-refractivity contribution in [2.75, 3.05) is 46.4 Å². The number of nitrogens with zero attached hydrogens (tertiary/aromatic N) is 3. The van der Waals surface area contributed by atoms with Crippen LogP contribution in [0.15, 0.2) is 48.5 Å². The quantitative estimate of drug-likeness (QED) is 0.398. The first kappa shape index (κ1) is 32.6. The van der Waals surface area contributed by atoms with Crippen molar-refractivity contribution in [1.29, 1.82) is 0 Å². The molecule has 42 heavy (non-hydrogen) atoms. The molecule has 1 heterocycles. The molecular formula is C32H45N3O7. The molecule has 1 fully saturated rings. The van der Waals surface area contributed by atoms with E-state index < -0.39 is 23.9 Å². The van der Waals surface area contributed by atoms with E-state index in [1.807, 2.05) is 76.2 Å². The van der Waals surface area contributed by atoms with Gasteiger partial charge in [-0.15, -0.1) is 0 Å². The molecule has 0 atom stereocenters. The fraction of sp³-hybridized carbons (Fsp3) is 0.531. The Hall–Kier alpha value is -3.95. The van der Waals surface area contributed by atoms with Crippen molar-refractivity contribution >= 4 is 18.3 Å². The minimum Gasteiger partial charge on any atom is -0.497 e. The number of amides is 3. The SMILES string of the molecule is COc1ccc(COC(=O)N2CCCN(C(=O)OCc3ccc(C)cc3)CCCN(C(=O)OC(C)(C)C)CCC2)cc1. The lowest BCUT2D eigenvalue weighted by Gasteiger charge is -2.31. The molecule has 0 N–H and O–H groups in total. The molecule has 0 aromatic heterocycles. The molecule has 10 heteroatoms. The first-order chi connectivity index (χ1) is 20.0. The normalized spacial score (nSPS) is 15.2. The number of methoxy groups -OCH3 is 1. The van der Waals surface area contributed by atoms with Crippen LogP contribution in [-0.2, 0) is 27.4 Å². The summed E-state index contributed by atoms with van der Waals surface area (Å²) in [5.74, 6) is 0.727. The number of ether oxygens (including phenoxy) is 4. The largest absolute Gasteiger partial charge is 0.497 e. The van der Waals surface area contributed by atoms with E-state index in [1.54, 1.807) is 21.8 Å². The molecule has 0 saturated carbocycles. The maximum atomic E-state index is 13.1. The smallest absolute Gasteiger partial charge is 0.410 e. The van der Waals surface area contributed by atoms with E-state index in [0.717, 1.165) is 22.4 Å². The van der Waals surface area contributed by atoms with Crippen LogP contribution < -0.4 is 4.74 Å². The van der Waals surface area contributed by atoms with Crippen LogP contribution in [0, 0.1) is 6.92 Å². The van der Waals surface area contributed by atoms with E-state index >= 15 is 0 Å². The minimum absolute atomic E-state index is 0.126. The van der Waals surface area contributed by atoms with Gasteiger partial charge in [0.15, 0.2) is 0 Å². The average Bonchev–Trinajstić information content (AvgIpc) is 2.95. The highest BCUT2D eigenvalue weighted by molar-refractivity contribution is 5.69. The van der Waals surface area contributed by atoms with Crippen LogP contribution in [0.3, 0.4) is 0 Å². The predicted octanol–water partition coefficient (Wildman–Crippen LogP) is 6.00. The lowest BCUT2D eigenvalue weighted by molar-refractivity contribution is 0.0231. The molecule has 0 bridgehead atoms. The summed E-state index contributed by atoms with van der Waals surface area (Å²) in [6.45, 7) is 10.2. The molecule has 0 radical (unpaired) electrons. The summed E-state index contributed by atoms with van der Waals surface area (Å²) < 4.78 is 22.0. The van der Waals surface area contributed by atoms with Crippen LogP contribution in [0.4, 0.5) is 14.4 Å². The zero-order valence-corrected chi connectivity index (χ0v) is 25.6. The predicted molar refractivity (Wildman–Crippen MR) is 159 cm³/mol. The summed E-state index contributed by atoms with van der Waals surface area (Å²) in [4.78, 5) is 44.0. The van der Waals surface area contributed by atoms with Crippen molar-refractivity contribution in [2.24, 2.45) is 0 Å². The van der Waals surface area contributed by atoms with Crippen LogP contribution in [-0.4, -0.2) is 85.0 Å². The molecule has 230 valence electrons. The van der Waals surface area contributed by atoms with Crippen LogP contribution in [0.5, 0.6) is 5.75 Å². The standard InChI is InChI=1S/C32H45N3O7/c1-25-9-11-26(12-10-25)23-40-29(36)33-17-6-18-34(30(37)41-24-27-13-15-28(39-5)16-14-27)20-8-22-35(21-7-19-33)31(38)42-32(2,3)4/h9-16H,6-8,17-24H2,1-5H3. The number of hydrogen-bond donors (Lipinski definition) is 0. The van der Waals surface area contributed by atoms with Gasteiger partial charge >= 0.3 is 18.3 Å². The zero-order chi connectivity index (χ0) is 30.5. The van der Waals surface area contributed by atoms with Gasteiger partial charge in [-0.1, -0.05) is 42.0 Å². The molecule has 3 amide bonds. The van der Waals surface area contributed by atoms with Gasteiger partial charge in [-0.25, -0.2) is 14.4 Å². The second-order valence-electron chi connectivity index (χ2n) is 11.4. The van der Waals surface area contributed by atoms with Gasteiger partial charge in [0.1, 0.15) is 24.6 Å². The Morgan fingerprint density at radius 3 is 1.40 bits per heavy atom. The van der Waals surface area contributed by atoms with Crippen LogP contribution in [0.2, 0.25) is 0 Å². The molecule has 3 rings (SSSR count). The van der Waals surface area contributed by atoms with E-state index in [-0.39, 0.29) is 13.2 Å². The van der Waals surface area contributed by atoms with Gasteiger partial charge in [-0.05, 0) is 70.2 Å². The third-order valence-electron chi connectivity index (χ3n) is 6.74. The lowest BCUT2D eigenvalue weighted by Crippen LogP contribution is -2.43. The zero-order valence-electron chi connectivity index (χ0n) is 25.6. The average molecular weight is 584 g/mol. The molecule has 0 spiro atoms. The van der Waals surface area contributed by atoms with Crippen molar-refractivity contribution in [1.82, 2.24) is 14.7 Å².